The van der Waals surface area contributed by atoms with Gasteiger partial charge in [0.05, 0.1) is 18.1 Å². The zero-order chi connectivity index (χ0) is 14.5. The number of rotatable bonds is 4. The number of nitrogens with one attached hydrogen (secondary N) is 1. The average Bonchev–Trinajstić information content (AvgIpc) is 2.57. The third-order valence-corrected chi connectivity index (χ3v) is 4.09. The second-order valence-corrected chi connectivity index (χ2v) is 5.51. The molecule has 0 amide bonds. The third kappa shape index (κ3) is 3.58. The Morgan fingerprint density at radius 1 is 1.10 bits per heavy atom. The van der Waals surface area contributed by atoms with Crippen LogP contribution in [-0.4, -0.2) is 40.5 Å². The normalized spacial score (nSPS) is 16.8. The molecule has 1 aromatic carbocycles. The summed E-state index contributed by atoms with van der Waals surface area (Å²) in [5.74, 6) is 0.780. The molecule has 4 heteroatoms. The highest BCUT2D eigenvalue weighted by molar-refractivity contribution is 5.55. The zero-order valence-corrected chi connectivity index (χ0v) is 12.5. The van der Waals surface area contributed by atoms with E-state index in [4.69, 9.17) is 0 Å². The monoisotopic (exact) mass is 282 g/mol. The molecule has 2 heterocycles. The summed E-state index contributed by atoms with van der Waals surface area (Å²) in [6, 6.07) is 10.6. The number of aromatic nitrogens is 2. The van der Waals surface area contributed by atoms with Crippen LogP contribution in [0.1, 0.15) is 19.8 Å². The molecule has 3 rings (SSSR count). The van der Waals surface area contributed by atoms with E-state index in [0.29, 0.717) is 6.04 Å². The second kappa shape index (κ2) is 6.68. The molecule has 1 aliphatic heterocycles. The topological polar surface area (TPSA) is 41.0 Å². The van der Waals surface area contributed by atoms with Crippen molar-refractivity contribution in [1.29, 1.82) is 0 Å². The van der Waals surface area contributed by atoms with Crippen molar-refractivity contribution in [2.75, 3.05) is 25.0 Å². The van der Waals surface area contributed by atoms with Crippen LogP contribution in [0.5, 0.6) is 0 Å². The lowest BCUT2D eigenvalue weighted by atomic mass is 10.1. The highest BCUT2D eigenvalue weighted by Gasteiger charge is 2.17. The van der Waals surface area contributed by atoms with Gasteiger partial charge in [-0.05, 0) is 19.4 Å². The minimum absolute atomic E-state index is 0.541. The van der Waals surface area contributed by atoms with Crippen molar-refractivity contribution < 1.29 is 0 Å². The summed E-state index contributed by atoms with van der Waals surface area (Å²) in [7, 11) is 0. The van der Waals surface area contributed by atoms with Crippen LogP contribution >= 0.6 is 0 Å². The highest BCUT2D eigenvalue weighted by Crippen LogP contribution is 2.18. The SMILES string of the molecule is CCN1CCC(Nc2cnc(-c3ccccc3)nc2)CC1. The average molecular weight is 282 g/mol. The molecule has 0 unspecified atom stereocenters. The Bertz CT molecular complexity index is 545. The first kappa shape index (κ1) is 14.0. The number of hydrogen-bond donors (Lipinski definition) is 1. The minimum Gasteiger partial charge on any atom is -0.380 e. The molecule has 0 radical (unpaired) electrons. The highest BCUT2D eigenvalue weighted by atomic mass is 15.1. The fraction of sp³-hybridized carbons (Fsp3) is 0.412. The molecule has 0 saturated carbocycles. The first-order valence-corrected chi connectivity index (χ1v) is 7.71. The van der Waals surface area contributed by atoms with E-state index in [9.17, 15) is 0 Å². The van der Waals surface area contributed by atoms with Crippen molar-refractivity contribution in [3.8, 4) is 11.4 Å². The molecule has 0 bridgehead atoms. The van der Waals surface area contributed by atoms with Crippen LogP contribution in [-0.2, 0) is 0 Å². The van der Waals surface area contributed by atoms with Gasteiger partial charge in [-0.2, -0.15) is 0 Å². The Labute approximate surface area is 126 Å². The molecule has 4 nitrogen and oxygen atoms in total. The number of nitrogens with zero attached hydrogens (tertiary/aromatic N) is 3. The van der Waals surface area contributed by atoms with Crippen molar-refractivity contribution in [3.63, 3.8) is 0 Å². The van der Waals surface area contributed by atoms with Gasteiger partial charge in [-0.1, -0.05) is 37.3 Å². The molecule has 1 aliphatic rings. The van der Waals surface area contributed by atoms with Gasteiger partial charge in [0.2, 0.25) is 0 Å². The summed E-state index contributed by atoms with van der Waals surface area (Å²) < 4.78 is 0. The van der Waals surface area contributed by atoms with E-state index >= 15 is 0 Å². The van der Waals surface area contributed by atoms with Crippen LogP contribution in [0.15, 0.2) is 42.7 Å². The van der Waals surface area contributed by atoms with Crippen LogP contribution in [0.25, 0.3) is 11.4 Å². The van der Waals surface area contributed by atoms with Crippen molar-refractivity contribution >= 4 is 5.69 Å². The summed E-state index contributed by atoms with van der Waals surface area (Å²) in [5.41, 5.74) is 2.07. The van der Waals surface area contributed by atoms with Gasteiger partial charge in [-0.3, -0.25) is 0 Å². The van der Waals surface area contributed by atoms with E-state index in [1.807, 2.05) is 42.7 Å². The Balaban J connectivity index is 1.60. The number of likely N-dealkylation sites (tertiary alicyclic amines) is 1. The number of benzene rings is 1. The Hall–Kier alpha value is -1.94. The van der Waals surface area contributed by atoms with Gasteiger partial charge >= 0.3 is 0 Å². The van der Waals surface area contributed by atoms with E-state index < -0.39 is 0 Å². The summed E-state index contributed by atoms with van der Waals surface area (Å²) in [6.07, 6.45) is 6.16. The molecule has 1 aromatic heterocycles. The lowest BCUT2D eigenvalue weighted by Gasteiger charge is -2.31. The van der Waals surface area contributed by atoms with Crippen LogP contribution in [0.3, 0.4) is 0 Å². The Morgan fingerprint density at radius 2 is 1.76 bits per heavy atom. The summed E-state index contributed by atoms with van der Waals surface area (Å²) in [4.78, 5) is 11.4. The van der Waals surface area contributed by atoms with Gasteiger partial charge in [-0.15, -0.1) is 0 Å². The van der Waals surface area contributed by atoms with E-state index in [2.05, 4.69) is 27.1 Å². The predicted octanol–water partition coefficient (Wildman–Crippen LogP) is 3.04. The van der Waals surface area contributed by atoms with E-state index in [1.54, 1.807) is 0 Å². The lowest BCUT2D eigenvalue weighted by Crippen LogP contribution is -2.38. The van der Waals surface area contributed by atoms with Crippen LogP contribution < -0.4 is 5.32 Å². The fourth-order valence-electron chi connectivity index (χ4n) is 2.77. The van der Waals surface area contributed by atoms with Gasteiger partial charge in [0, 0.05) is 24.7 Å². The summed E-state index contributed by atoms with van der Waals surface area (Å²) in [6.45, 7) is 5.74. The van der Waals surface area contributed by atoms with E-state index in [0.717, 1.165) is 23.6 Å². The maximum Gasteiger partial charge on any atom is 0.159 e. The molecule has 0 spiro atoms. The molecule has 0 aliphatic carbocycles. The predicted molar refractivity (Wildman–Crippen MR) is 86.2 cm³/mol. The molecule has 110 valence electrons. The van der Waals surface area contributed by atoms with Gasteiger partial charge in [0.15, 0.2) is 5.82 Å². The zero-order valence-electron chi connectivity index (χ0n) is 12.5. The van der Waals surface area contributed by atoms with Gasteiger partial charge in [-0.25, -0.2) is 9.97 Å². The molecular formula is C17H22N4. The minimum atomic E-state index is 0.541. The van der Waals surface area contributed by atoms with Gasteiger partial charge in [0.25, 0.3) is 0 Å². The second-order valence-electron chi connectivity index (χ2n) is 5.51. The molecule has 0 atom stereocenters. The number of anilines is 1. The molecule has 21 heavy (non-hydrogen) atoms. The molecule has 1 N–H and O–H groups in total. The Morgan fingerprint density at radius 3 is 2.38 bits per heavy atom. The van der Waals surface area contributed by atoms with Crippen molar-refractivity contribution in [2.45, 2.75) is 25.8 Å². The fourth-order valence-corrected chi connectivity index (χ4v) is 2.77. The van der Waals surface area contributed by atoms with E-state index in [-0.39, 0.29) is 0 Å². The first-order valence-electron chi connectivity index (χ1n) is 7.71. The standard InChI is InChI=1S/C17H22N4/c1-2-21-10-8-15(9-11-21)20-16-12-18-17(19-13-16)14-6-4-3-5-7-14/h3-7,12-13,15,20H,2,8-11H2,1H3. The van der Waals surface area contributed by atoms with Crippen molar-refractivity contribution in [2.24, 2.45) is 0 Å². The quantitative estimate of drug-likeness (QED) is 0.936. The molecule has 1 fully saturated rings. The number of hydrogen-bond acceptors (Lipinski definition) is 4. The van der Waals surface area contributed by atoms with Gasteiger partial charge in [0.1, 0.15) is 0 Å². The summed E-state index contributed by atoms with van der Waals surface area (Å²) in [5, 5.41) is 3.55. The molecular weight excluding hydrogens is 260 g/mol. The maximum atomic E-state index is 4.46. The lowest BCUT2D eigenvalue weighted by molar-refractivity contribution is 0.229. The third-order valence-electron chi connectivity index (χ3n) is 4.09. The molecule has 2 aromatic rings. The smallest absolute Gasteiger partial charge is 0.159 e. The number of piperidine rings is 1. The van der Waals surface area contributed by atoms with Gasteiger partial charge < -0.3 is 10.2 Å². The van der Waals surface area contributed by atoms with Crippen LogP contribution in [0, 0.1) is 0 Å². The Kier molecular flexibility index (Phi) is 4.46. The maximum absolute atomic E-state index is 4.46. The van der Waals surface area contributed by atoms with Crippen LogP contribution in [0.2, 0.25) is 0 Å². The van der Waals surface area contributed by atoms with Crippen molar-refractivity contribution in [1.82, 2.24) is 14.9 Å². The molecule has 1 saturated heterocycles. The summed E-state index contributed by atoms with van der Waals surface area (Å²) >= 11 is 0. The first-order chi connectivity index (χ1) is 10.3. The largest absolute Gasteiger partial charge is 0.380 e. The van der Waals surface area contributed by atoms with Crippen molar-refractivity contribution in [3.05, 3.63) is 42.7 Å². The van der Waals surface area contributed by atoms with Crippen LogP contribution in [0.4, 0.5) is 5.69 Å². The van der Waals surface area contributed by atoms with E-state index in [1.165, 1.54) is 25.9 Å².